The predicted molar refractivity (Wildman–Crippen MR) is 83.3 cm³/mol. The zero-order valence-corrected chi connectivity index (χ0v) is 13.1. The number of rotatable bonds is 7. The Balaban J connectivity index is 2.36. The van der Waals surface area contributed by atoms with Crippen LogP contribution in [0.3, 0.4) is 0 Å². The first-order valence-electron chi connectivity index (χ1n) is 7.70. The van der Waals surface area contributed by atoms with Crippen molar-refractivity contribution in [1.29, 1.82) is 0 Å². The van der Waals surface area contributed by atoms with Gasteiger partial charge in [0.1, 0.15) is 0 Å². The van der Waals surface area contributed by atoms with Crippen molar-refractivity contribution in [3.63, 3.8) is 0 Å². The number of hydrogen-bond acceptors (Lipinski definition) is 3. The van der Waals surface area contributed by atoms with Crippen LogP contribution in [0.1, 0.15) is 33.6 Å². The molecule has 4 nitrogen and oxygen atoms in total. The summed E-state index contributed by atoms with van der Waals surface area (Å²) in [4.78, 5) is 14.2. The van der Waals surface area contributed by atoms with Crippen LogP contribution in [0.5, 0.6) is 0 Å². The van der Waals surface area contributed by atoms with E-state index in [2.05, 4.69) is 35.3 Å². The van der Waals surface area contributed by atoms with Crippen molar-refractivity contribution < 1.29 is 4.79 Å². The summed E-state index contributed by atoms with van der Waals surface area (Å²) in [6.45, 7) is 10.8. The van der Waals surface area contributed by atoms with Gasteiger partial charge in [0.2, 0.25) is 5.91 Å². The molecule has 1 aliphatic heterocycles. The van der Waals surface area contributed by atoms with Crippen LogP contribution in [0.4, 0.5) is 0 Å². The Labute approximate surface area is 123 Å². The van der Waals surface area contributed by atoms with Gasteiger partial charge in [-0.15, -0.1) is 6.42 Å². The number of amides is 1. The van der Waals surface area contributed by atoms with E-state index in [1.807, 2.05) is 6.92 Å². The molecular formula is C16H29N3O. The number of carbonyl (C=O) groups is 1. The molecule has 20 heavy (non-hydrogen) atoms. The quantitative estimate of drug-likeness (QED) is 0.686. The Morgan fingerprint density at radius 3 is 2.85 bits per heavy atom. The van der Waals surface area contributed by atoms with E-state index in [1.165, 1.54) is 12.8 Å². The zero-order valence-electron chi connectivity index (χ0n) is 13.1. The molecule has 0 bridgehead atoms. The maximum absolute atomic E-state index is 11.9. The van der Waals surface area contributed by atoms with Gasteiger partial charge in [-0.05, 0) is 51.2 Å². The standard InChI is InChI=1S/C16H29N3O/c1-5-8-18-16(20)14(4)19-9-6-7-15(12-19)11-17-10-13(2)3/h1,13-15,17H,6-12H2,2-4H3,(H,18,20). The normalized spacial score (nSPS) is 21.4. The average molecular weight is 279 g/mol. The predicted octanol–water partition coefficient (Wildman–Crippen LogP) is 1.08. The summed E-state index contributed by atoms with van der Waals surface area (Å²) >= 11 is 0. The van der Waals surface area contributed by atoms with Crippen LogP contribution in [0.25, 0.3) is 0 Å². The van der Waals surface area contributed by atoms with Gasteiger partial charge in [-0.2, -0.15) is 0 Å². The first-order valence-corrected chi connectivity index (χ1v) is 7.70. The molecule has 1 amide bonds. The Morgan fingerprint density at radius 2 is 2.20 bits per heavy atom. The molecule has 1 fully saturated rings. The van der Waals surface area contributed by atoms with E-state index < -0.39 is 0 Å². The fourth-order valence-corrected chi connectivity index (χ4v) is 2.64. The topological polar surface area (TPSA) is 44.4 Å². The minimum Gasteiger partial charge on any atom is -0.344 e. The highest BCUT2D eigenvalue weighted by Gasteiger charge is 2.26. The summed E-state index contributed by atoms with van der Waals surface area (Å²) in [6.07, 6.45) is 7.59. The number of hydrogen-bond donors (Lipinski definition) is 2. The summed E-state index contributed by atoms with van der Waals surface area (Å²) in [5.41, 5.74) is 0. The van der Waals surface area contributed by atoms with Crippen molar-refractivity contribution in [1.82, 2.24) is 15.5 Å². The molecule has 2 atom stereocenters. The monoisotopic (exact) mass is 279 g/mol. The lowest BCUT2D eigenvalue weighted by Gasteiger charge is -2.36. The van der Waals surface area contributed by atoms with E-state index >= 15 is 0 Å². The van der Waals surface area contributed by atoms with E-state index in [0.717, 1.165) is 26.2 Å². The van der Waals surface area contributed by atoms with Crippen LogP contribution in [-0.4, -0.2) is 49.6 Å². The molecule has 0 radical (unpaired) electrons. The van der Waals surface area contributed by atoms with Gasteiger partial charge in [-0.3, -0.25) is 9.69 Å². The lowest BCUT2D eigenvalue weighted by atomic mass is 9.96. The van der Waals surface area contributed by atoms with E-state index in [9.17, 15) is 4.79 Å². The van der Waals surface area contributed by atoms with Crippen LogP contribution >= 0.6 is 0 Å². The third-order valence-corrected chi connectivity index (χ3v) is 3.83. The number of likely N-dealkylation sites (tertiary alicyclic amines) is 1. The van der Waals surface area contributed by atoms with Crippen molar-refractivity contribution in [2.75, 3.05) is 32.7 Å². The third kappa shape index (κ3) is 5.94. The summed E-state index contributed by atoms with van der Waals surface area (Å²) in [5, 5.41) is 6.29. The summed E-state index contributed by atoms with van der Waals surface area (Å²) in [7, 11) is 0. The molecule has 1 rings (SSSR count). The van der Waals surface area contributed by atoms with Gasteiger partial charge in [-0.25, -0.2) is 0 Å². The average Bonchev–Trinajstić information content (AvgIpc) is 2.44. The molecule has 2 unspecified atom stereocenters. The van der Waals surface area contributed by atoms with Crippen LogP contribution < -0.4 is 10.6 Å². The second kappa shape index (κ2) is 8.99. The second-order valence-corrected chi connectivity index (χ2v) is 6.15. The van der Waals surface area contributed by atoms with E-state index in [1.54, 1.807) is 0 Å². The van der Waals surface area contributed by atoms with Crippen LogP contribution in [-0.2, 0) is 4.79 Å². The summed E-state index contributed by atoms with van der Waals surface area (Å²) in [5.74, 6) is 3.81. The molecular weight excluding hydrogens is 250 g/mol. The summed E-state index contributed by atoms with van der Waals surface area (Å²) < 4.78 is 0. The number of nitrogens with zero attached hydrogens (tertiary/aromatic N) is 1. The molecule has 1 heterocycles. The Bertz CT molecular complexity index is 335. The Morgan fingerprint density at radius 1 is 1.45 bits per heavy atom. The number of nitrogens with one attached hydrogen (secondary N) is 2. The number of piperidine rings is 1. The molecule has 0 aromatic heterocycles. The van der Waals surface area contributed by atoms with Crippen LogP contribution in [0.15, 0.2) is 0 Å². The highest BCUT2D eigenvalue weighted by molar-refractivity contribution is 5.81. The molecule has 114 valence electrons. The Kier molecular flexibility index (Phi) is 7.64. The molecule has 0 aromatic rings. The van der Waals surface area contributed by atoms with Gasteiger partial charge in [0, 0.05) is 6.54 Å². The molecule has 0 saturated carbocycles. The van der Waals surface area contributed by atoms with E-state index in [0.29, 0.717) is 18.4 Å². The van der Waals surface area contributed by atoms with E-state index in [4.69, 9.17) is 6.42 Å². The molecule has 1 aliphatic rings. The number of carbonyl (C=O) groups excluding carboxylic acids is 1. The fraction of sp³-hybridized carbons (Fsp3) is 0.812. The highest BCUT2D eigenvalue weighted by Crippen LogP contribution is 2.18. The second-order valence-electron chi connectivity index (χ2n) is 6.15. The largest absolute Gasteiger partial charge is 0.344 e. The zero-order chi connectivity index (χ0) is 15.0. The molecule has 0 spiro atoms. The van der Waals surface area contributed by atoms with Crippen LogP contribution in [0, 0.1) is 24.2 Å². The molecule has 4 heteroatoms. The molecule has 0 aromatic carbocycles. The third-order valence-electron chi connectivity index (χ3n) is 3.83. The Hall–Kier alpha value is -1.05. The van der Waals surface area contributed by atoms with Gasteiger partial charge in [0.15, 0.2) is 0 Å². The van der Waals surface area contributed by atoms with Gasteiger partial charge < -0.3 is 10.6 Å². The minimum absolute atomic E-state index is 0.0405. The van der Waals surface area contributed by atoms with Crippen molar-refractivity contribution >= 4 is 5.91 Å². The van der Waals surface area contributed by atoms with Crippen molar-refractivity contribution in [3.8, 4) is 12.3 Å². The van der Waals surface area contributed by atoms with Crippen molar-refractivity contribution in [2.24, 2.45) is 11.8 Å². The first kappa shape index (κ1) is 17.0. The van der Waals surface area contributed by atoms with Gasteiger partial charge >= 0.3 is 0 Å². The van der Waals surface area contributed by atoms with Crippen molar-refractivity contribution in [3.05, 3.63) is 0 Å². The van der Waals surface area contributed by atoms with Gasteiger partial charge in [-0.1, -0.05) is 19.8 Å². The smallest absolute Gasteiger partial charge is 0.237 e. The molecule has 1 saturated heterocycles. The summed E-state index contributed by atoms with van der Waals surface area (Å²) in [6, 6.07) is -0.0868. The van der Waals surface area contributed by atoms with Gasteiger partial charge in [0.25, 0.3) is 0 Å². The maximum atomic E-state index is 11.9. The SMILES string of the molecule is C#CCNC(=O)C(C)N1CCCC(CNCC(C)C)C1. The highest BCUT2D eigenvalue weighted by atomic mass is 16.2. The fourth-order valence-electron chi connectivity index (χ4n) is 2.64. The lowest BCUT2D eigenvalue weighted by Crippen LogP contribution is -2.50. The minimum atomic E-state index is -0.0868. The number of terminal acetylenes is 1. The van der Waals surface area contributed by atoms with Gasteiger partial charge in [0.05, 0.1) is 12.6 Å². The van der Waals surface area contributed by atoms with Crippen molar-refractivity contribution in [2.45, 2.75) is 39.7 Å². The van der Waals surface area contributed by atoms with E-state index in [-0.39, 0.29) is 11.9 Å². The molecule has 2 N–H and O–H groups in total. The lowest BCUT2D eigenvalue weighted by molar-refractivity contribution is -0.126. The first-order chi connectivity index (χ1) is 9.54. The molecule has 0 aliphatic carbocycles. The van der Waals surface area contributed by atoms with Crippen LogP contribution in [0.2, 0.25) is 0 Å². The maximum Gasteiger partial charge on any atom is 0.237 e.